The molecular weight excluding hydrogens is 428 g/mol. The van der Waals surface area contributed by atoms with E-state index >= 15 is 0 Å². The highest BCUT2D eigenvalue weighted by atomic mass is 19.4. The molecule has 0 unspecified atom stereocenters. The van der Waals surface area contributed by atoms with Crippen molar-refractivity contribution in [2.45, 2.75) is 70.6 Å². The summed E-state index contributed by atoms with van der Waals surface area (Å²) in [5.41, 5.74) is 3.70. The monoisotopic (exact) mass is 458 g/mol. The zero-order valence-corrected chi connectivity index (χ0v) is 18.9. The number of hydrogen-bond donors (Lipinski definition) is 0. The van der Waals surface area contributed by atoms with Gasteiger partial charge in [0.15, 0.2) is 11.6 Å². The van der Waals surface area contributed by atoms with Crippen molar-refractivity contribution in [2.24, 2.45) is 5.92 Å². The Morgan fingerprint density at radius 3 is 2.18 bits per heavy atom. The maximum absolute atomic E-state index is 14.4. The van der Waals surface area contributed by atoms with E-state index in [-0.39, 0.29) is 5.39 Å². The molecule has 4 rings (SSSR count). The van der Waals surface area contributed by atoms with Gasteiger partial charge in [0.05, 0.1) is 0 Å². The normalized spacial score (nSPS) is 19.1. The first-order valence-electron chi connectivity index (χ1n) is 11.9. The zero-order valence-electron chi connectivity index (χ0n) is 18.9. The van der Waals surface area contributed by atoms with E-state index in [2.05, 4.69) is 35.9 Å². The van der Waals surface area contributed by atoms with E-state index in [4.69, 9.17) is 0 Å². The fourth-order valence-electron chi connectivity index (χ4n) is 5.12. The highest BCUT2D eigenvalue weighted by molar-refractivity contribution is 5.85. The van der Waals surface area contributed by atoms with Gasteiger partial charge >= 0.3 is 6.36 Å². The molecular formula is C28H30F4O. The second kappa shape index (κ2) is 10.1. The number of halogens is 4. The summed E-state index contributed by atoms with van der Waals surface area (Å²) in [6.07, 6.45) is 4.60. The van der Waals surface area contributed by atoms with E-state index in [1.54, 1.807) is 6.07 Å². The van der Waals surface area contributed by atoms with Gasteiger partial charge in [0.1, 0.15) is 0 Å². The van der Waals surface area contributed by atoms with E-state index in [1.165, 1.54) is 61.8 Å². The van der Waals surface area contributed by atoms with Crippen molar-refractivity contribution in [1.29, 1.82) is 0 Å². The molecule has 5 heteroatoms. The van der Waals surface area contributed by atoms with E-state index in [9.17, 15) is 17.6 Å². The van der Waals surface area contributed by atoms with Gasteiger partial charge in [-0.1, -0.05) is 68.3 Å². The molecule has 1 aliphatic carbocycles. The van der Waals surface area contributed by atoms with Crippen LogP contribution < -0.4 is 4.74 Å². The van der Waals surface area contributed by atoms with Crippen LogP contribution in [0.1, 0.15) is 68.1 Å². The van der Waals surface area contributed by atoms with Crippen LogP contribution in [0.15, 0.2) is 54.6 Å². The highest BCUT2D eigenvalue weighted by Gasteiger charge is 2.32. The van der Waals surface area contributed by atoms with Gasteiger partial charge in [-0.25, -0.2) is 4.39 Å². The third-order valence-electron chi connectivity index (χ3n) is 6.91. The Labute approximate surface area is 192 Å². The van der Waals surface area contributed by atoms with Crippen molar-refractivity contribution >= 4 is 10.8 Å². The molecule has 1 aliphatic rings. The number of alkyl halides is 3. The largest absolute Gasteiger partial charge is 0.573 e. The Morgan fingerprint density at radius 1 is 0.848 bits per heavy atom. The first-order chi connectivity index (χ1) is 15.8. The Morgan fingerprint density at radius 2 is 1.52 bits per heavy atom. The summed E-state index contributed by atoms with van der Waals surface area (Å²) in [5, 5.41) is 0.687. The highest BCUT2D eigenvalue weighted by Crippen LogP contribution is 2.37. The van der Waals surface area contributed by atoms with Crippen molar-refractivity contribution in [2.75, 3.05) is 0 Å². The topological polar surface area (TPSA) is 9.23 Å². The van der Waals surface area contributed by atoms with Crippen molar-refractivity contribution in [3.8, 4) is 5.75 Å². The average molecular weight is 459 g/mol. The first-order valence-corrected chi connectivity index (χ1v) is 11.9. The fourth-order valence-corrected chi connectivity index (χ4v) is 5.12. The van der Waals surface area contributed by atoms with Crippen molar-refractivity contribution in [1.82, 2.24) is 0 Å². The van der Waals surface area contributed by atoms with Crippen LogP contribution in [-0.2, 0) is 12.8 Å². The second-order valence-electron chi connectivity index (χ2n) is 9.23. The summed E-state index contributed by atoms with van der Waals surface area (Å²) in [5.74, 6) is -0.212. The molecule has 0 radical (unpaired) electrons. The molecule has 33 heavy (non-hydrogen) atoms. The molecule has 0 bridgehead atoms. The van der Waals surface area contributed by atoms with Crippen LogP contribution in [0.2, 0.25) is 0 Å². The Balaban J connectivity index is 1.37. The average Bonchev–Trinajstić information content (AvgIpc) is 2.80. The number of benzene rings is 3. The number of aryl methyl sites for hydroxylation is 2. The van der Waals surface area contributed by atoms with Crippen LogP contribution in [0.4, 0.5) is 17.6 Å². The maximum atomic E-state index is 14.4. The quantitative estimate of drug-likeness (QED) is 0.322. The van der Waals surface area contributed by atoms with Gasteiger partial charge in [0.25, 0.3) is 0 Å². The third-order valence-corrected chi connectivity index (χ3v) is 6.91. The minimum atomic E-state index is -4.92. The molecule has 0 amide bonds. The molecule has 0 saturated heterocycles. The van der Waals surface area contributed by atoms with E-state index < -0.39 is 17.9 Å². The summed E-state index contributed by atoms with van der Waals surface area (Å²) in [6.45, 7) is 2.27. The lowest BCUT2D eigenvalue weighted by atomic mass is 9.77. The fraction of sp³-hybridized carbons (Fsp3) is 0.429. The van der Waals surface area contributed by atoms with Gasteiger partial charge in [-0.15, -0.1) is 13.2 Å². The zero-order chi connectivity index (χ0) is 23.4. The molecule has 0 spiro atoms. The second-order valence-corrected chi connectivity index (χ2v) is 9.23. The molecule has 1 fully saturated rings. The van der Waals surface area contributed by atoms with Gasteiger partial charge in [-0.2, -0.15) is 0 Å². The van der Waals surface area contributed by atoms with Crippen molar-refractivity contribution < 1.29 is 22.3 Å². The summed E-state index contributed by atoms with van der Waals surface area (Å²) in [7, 11) is 0. The maximum Gasteiger partial charge on any atom is 0.573 e. The number of fused-ring (bicyclic) bond motifs is 1. The molecule has 0 aromatic heterocycles. The summed E-state index contributed by atoms with van der Waals surface area (Å²) >= 11 is 0. The standard InChI is InChI=1S/C28H30F4O/c1-2-3-19-6-11-22(12-7-19)23-13-8-20(9-14-23)4-5-21-10-16-25-24(18-21)15-17-26(27(25)29)33-28(30,31)32/h8-10,13-19,22H,2-7,11-12H2,1H3/t19-,22-. The number of rotatable bonds is 7. The minimum absolute atomic E-state index is 0.124. The van der Waals surface area contributed by atoms with Crippen molar-refractivity contribution in [3.05, 3.63) is 77.1 Å². The molecule has 3 aromatic carbocycles. The van der Waals surface area contributed by atoms with Crippen LogP contribution in [0.3, 0.4) is 0 Å². The van der Waals surface area contributed by atoms with E-state index in [1.807, 2.05) is 6.07 Å². The number of ether oxygens (including phenoxy) is 1. The predicted octanol–water partition coefficient (Wildman–Crippen LogP) is 8.74. The summed E-state index contributed by atoms with van der Waals surface area (Å²) < 4.78 is 55.5. The lowest BCUT2D eigenvalue weighted by Gasteiger charge is -2.28. The van der Waals surface area contributed by atoms with Crippen LogP contribution in [0.5, 0.6) is 5.75 Å². The van der Waals surface area contributed by atoms with Crippen LogP contribution in [0.25, 0.3) is 10.8 Å². The lowest BCUT2D eigenvalue weighted by molar-refractivity contribution is -0.275. The third kappa shape index (κ3) is 6.07. The smallest absolute Gasteiger partial charge is 0.403 e. The number of hydrogen-bond acceptors (Lipinski definition) is 1. The van der Waals surface area contributed by atoms with Crippen molar-refractivity contribution in [3.63, 3.8) is 0 Å². The Bertz CT molecular complexity index is 1060. The van der Waals surface area contributed by atoms with Crippen LogP contribution >= 0.6 is 0 Å². The molecule has 176 valence electrons. The molecule has 1 saturated carbocycles. The summed E-state index contributed by atoms with van der Waals surface area (Å²) in [4.78, 5) is 0. The lowest BCUT2D eigenvalue weighted by Crippen LogP contribution is -2.18. The molecule has 3 aromatic rings. The van der Waals surface area contributed by atoms with Gasteiger partial charge in [-0.05, 0) is 78.5 Å². The molecule has 0 heterocycles. The molecule has 1 nitrogen and oxygen atoms in total. The van der Waals surface area contributed by atoms with Gasteiger partial charge in [-0.3, -0.25) is 0 Å². The first kappa shape index (κ1) is 23.6. The van der Waals surface area contributed by atoms with E-state index in [0.717, 1.165) is 30.4 Å². The Hall–Kier alpha value is -2.56. The van der Waals surface area contributed by atoms with Gasteiger partial charge in [0, 0.05) is 5.39 Å². The predicted molar refractivity (Wildman–Crippen MR) is 124 cm³/mol. The summed E-state index contributed by atoms with van der Waals surface area (Å²) in [6, 6.07) is 16.6. The van der Waals surface area contributed by atoms with Gasteiger partial charge < -0.3 is 4.74 Å². The SMILES string of the molecule is CCC[C@H]1CC[C@H](c2ccc(CCc3ccc4c(F)c(OC(F)(F)F)ccc4c3)cc2)CC1. The Kier molecular flexibility index (Phi) is 7.26. The van der Waals surface area contributed by atoms with Gasteiger partial charge in [0.2, 0.25) is 0 Å². The van der Waals surface area contributed by atoms with Crippen LogP contribution in [-0.4, -0.2) is 6.36 Å². The minimum Gasteiger partial charge on any atom is -0.403 e. The van der Waals surface area contributed by atoms with E-state index in [0.29, 0.717) is 11.3 Å². The molecule has 0 atom stereocenters. The molecule has 0 aliphatic heterocycles. The van der Waals surface area contributed by atoms with Crippen LogP contribution in [0, 0.1) is 11.7 Å². The molecule has 0 N–H and O–H groups in total.